The third-order valence-corrected chi connectivity index (χ3v) is 10.8. The molecular formula is C40H42N8O7. The van der Waals surface area contributed by atoms with Crippen molar-refractivity contribution in [2.24, 2.45) is 0 Å². The van der Waals surface area contributed by atoms with Crippen LogP contribution in [-0.2, 0) is 19.1 Å². The van der Waals surface area contributed by atoms with E-state index in [2.05, 4.69) is 25.6 Å². The number of nitrogens with zero attached hydrogens (tertiary/aromatic N) is 4. The predicted molar refractivity (Wildman–Crippen MR) is 200 cm³/mol. The first-order valence-electron chi connectivity index (χ1n) is 18.5. The van der Waals surface area contributed by atoms with Gasteiger partial charge in [0.15, 0.2) is 0 Å². The molecule has 0 radical (unpaired) electrons. The summed E-state index contributed by atoms with van der Waals surface area (Å²) in [5.74, 6) is 2.31. The molecule has 4 amide bonds. The molecule has 55 heavy (non-hydrogen) atoms. The Morgan fingerprint density at radius 1 is 0.836 bits per heavy atom. The first kappa shape index (κ1) is 35.6. The van der Waals surface area contributed by atoms with Crippen molar-refractivity contribution in [2.75, 3.05) is 20.8 Å². The number of imidazole rings is 2. The van der Waals surface area contributed by atoms with Crippen LogP contribution < -0.4 is 15.4 Å². The van der Waals surface area contributed by atoms with Gasteiger partial charge in [0.1, 0.15) is 35.2 Å². The lowest BCUT2D eigenvalue weighted by Crippen LogP contribution is -2.54. The maximum Gasteiger partial charge on any atom is 0.407 e. The van der Waals surface area contributed by atoms with E-state index in [9.17, 15) is 19.2 Å². The van der Waals surface area contributed by atoms with E-state index in [1.54, 1.807) is 11.1 Å². The number of benzene rings is 3. The number of rotatable bonds is 9. The largest absolute Gasteiger partial charge is 0.457 e. The summed E-state index contributed by atoms with van der Waals surface area (Å²) in [6.07, 6.45) is 5.10. The van der Waals surface area contributed by atoms with E-state index in [4.69, 9.17) is 19.2 Å². The van der Waals surface area contributed by atoms with Gasteiger partial charge in [0.2, 0.25) is 5.91 Å². The molecule has 5 heterocycles. The second kappa shape index (κ2) is 15.2. The second-order valence-electron chi connectivity index (χ2n) is 14.0. The normalized spacial score (nSPS) is 21.2. The van der Waals surface area contributed by atoms with E-state index in [1.807, 2.05) is 77.7 Å². The van der Waals surface area contributed by atoms with Crippen LogP contribution in [0.25, 0.3) is 22.3 Å². The highest BCUT2D eigenvalue weighted by atomic mass is 16.5. The Kier molecular flexibility index (Phi) is 9.83. The summed E-state index contributed by atoms with van der Waals surface area (Å²) in [5, 5.41) is 5.37. The number of amides is 4. The van der Waals surface area contributed by atoms with Crippen LogP contribution in [0, 0.1) is 0 Å². The SMILES string of the molecule is COC(=O)N[C@H]1CC[C@H]2CC[C@@H](c3ncc(-c4ccc(Oc5ccc6nc(C7CCCN7C(=O)[C@H](NC(=O)OC)c7ccccc7)[nH]c6c5)cc4)[nH]3)N2C1=O. The van der Waals surface area contributed by atoms with Crippen molar-refractivity contribution in [1.29, 1.82) is 0 Å². The zero-order chi connectivity index (χ0) is 38.1. The Morgan fingerprint density at radius 3 is 2.38 bits per heavy atom. The summed E-state index contributed by atoms with van der Waals surface area (Å²) in [6.45, 7) is 0.534. The molecule has 4 N–H and O–H groups in total. The molecule has 0 aliphatic carbocycles. The summed E-state index contributed by atoms with van der Waals surface area (Å²) in [7, 11) is 2.56. The van der Waals surface area contributed by atoms with Gasteiger partial charge < -0.3 is 44.6 Å². The molecule has 15 nitrogen and oxygen atoms in total. The molecule has 3 fully saturated rings. The number of likely N-dealkylation sites (tertiary alicyclic amines) is 1. The number of carbonyl (C=O) groups excluding carboxylic acids is 4. The fourth-order valence-electron chi connectivity index (χ4n) is 8.08. The number of hydrogen-bond acceptors (Lipinski definition) is 9. The first-order valence-corrected chi connectivity index (χ1v) is 18.5. The van der Waals surface area contributed by atoms with Crippen LogP contribution in [0.15, 0.2) is 79.0 Å². The van der Waals surface area contributed by atoms with E-state index in [0.29, 0.717) is 35.9 Å². The zero-order valence-corrected chi connectivity index (χ0v) is 30.5. The standard InChI is InChI=1S/C40H42N8O7/c1-53-39(51)45-29-17-12-25-13-19-33(48(25)37(29)49)35-41-22-31(44-35)23-10-14-26(15-11-23)55-27-16-18-28-30(21-27)43-36(42-28)32-9-6-20-47(32)38(50)34(46-40(52)54-2)24-7-4-3-5-8-24/h3-5,7-8,10-11,14-16,18,21-22,25,29,32-34H,6,9,12-13,17,19-20H2,1-2H3,(H,41,44)(H,42,43)(H,45,51)(H,46,52)/t25-,29-,32?,33-,34+/m0/s1. The summed E-state index contributed by atoms with van der Waals surface area (Å²) >= 11 is 0. The minimum Gasteiger partial charge on any atom is -0.457 e. The molecule has 5 atom stereocenters. The third-order valence-electron chi connectivity index (χ3n) is 10.8. The van der Waals surface area contributed by atoms with E-state index in [1.165, 1.54) is 14.2 Å². The van der Waals surface area contributed by atoms with Crippen LogP contribution in [0.1, 0.15) is 73.9 Å². The quantitative estimate of drug-likeness (QED) is 0.139. The number of aromatic amines is 2. The van der Waals surface area contributed by atoms with E-state index >= 15 is 0 Å². The number of ether oxygens (including phenoxy) is 3. The van der Waals surface area contributed by atoms with Crippen LogP contribution in [0.2, 0.25) is 0 Å². The minimum absolute atomic E-state index is 0.106. The Hall–Kier alpha value is -6.38. The predicted octanol–water partition coefficient (Wildman–Crippen LogP) is 6.06. The molecular weight excluding hydrogens is 704 g/mol. The minimum atomic E-state index is -0.896. The molecule has 15 heteroatoms. The average molecular weight is 747 g/mol. The highest BCUT2D eigenvalue weighted by Crippen LogP contribution is 2.41. The van der Waals surface area contributed by atoms with Gasteiger partial charge in [-0.3, -0.25) is 9.59 Å². The number of piperidine rings is 1. The lowest BCUT2D eigenvalue weighted by molar-refractivity contribution is -0.139. The van der Waals surface area contributed by atoms with Crippen LogP contribution in [0.4, 0.5) is 9.59 Å². The smallest absolute Gasteiger partial charge is 0.407 e. The van der Waals surface area contributed by atoms with Gasteiger partial charge in [0, 0.05) is 18.7 Å². The van der Waals surface area contributed by atoms with Crippen molar-refractivity contribution >= 4 is 35.0 Å². The molecule has 0 bridgehead atoms. The number of nitrogens with one attached hydrogen (secondary N) is 4. The van der Waals surface area contributed by atoms with Crippen molar-refractivity contribution < 1.29 is 33.4 Å². The number of methoxy groups -OCH3 is 2. The number of fused-ring (bicyclic) bond motifs is 2. The van der Waals surface area contributed by atoms with Crippen molar-refractivity contribution in [3.05, 3.63) is 96.2 Å². The Labute approximate surface area is 316 Å². The van der Waals surface area contributed by atoms with Gasteiger partial charge in [0.05, 0.1) is 49.2 Å². The van der Waals surface area contributed by atoms with Gasteiger partial charge in [-0.15, -0.1) is 0 Å². The molecule has 284 valence electrons. The third kappa shape index (κ3) is 7.16. The lowest BCUT2D eigenvalue weighted by atomic mass is 9.98. The van der Waals surface area contributed by atoms with E-state index in [-0.39, 0.29) is 29.9 Å². The Morgan fingerprint density at radius 2 is 1.60 bits per heavy atom. The number of carbonyl (C=O) groups is 4. The van der Waals surface area contributed by atoms with Gasteiger partial charge >= 0.3 is 12.2 Å². The summed E-state index contributed by atoms with van der Waals surface area (Å²) < 4.78 is 15.8. The van der Waals surface area contributed by atoms with Crippen LogP contribution in [0.3, 0.4) is 0 Å². The molecule has 8 rings (SSSR count). The van der Waals surface area contributed by atoms with Crippen LogP contribution in [0.5, 0.6) is 11.5 Å². The Bertz CT molecular complexity index is 2200. The molecule has 3 saturated heterocycles. The topological polar surface area (TPSA) is 184 Å². The number of hydrogen-bond donors (Lipinski definition) is 4. The van der Waals surface area contributed by atoms with Crippen molar-refractivity contribution in [3.8, 4) is 22.8 Å². The van der Waals surface area contributed by atoms with Gasteiger partial charge in [-0.25, -0.2) is 19.6 Å². The molecule has 3 aliphatic rings. The van der Waals surface area contributed by atoms with Gasteiger partial charge in [-0.05, 0) is 86.1 Å². The van der Waals surface area contributed by atoms with Crippen LogP contribution >= 0.6 is 0 Å². The summed E-state index contributed by atoms with van der Waals surface area (Å²) in [4.78, 5) is 71.2. The summed E-state index contributed by atoms with van der Waals surface area (Å²) in [5.41, 5.74) is 3.92. The van der Waals surface area contributed by atoms with Crippen molar-refractivity contribution in [3.63, 3.8) is 0 Å². The fourth-order valence-corrected chi connectivity index (χ4v) is 8.08. The number of alkyl carbamates (subject to hydrolysis) is 2. The van der Waals surface area contributed by atoms with Gasteiger partial charge in [-0.2, -0.15) is 0 Å². The van der Waals surface area contributed by atoms with E-state index in [0.717, 1.165) is 60.2 Å². The highest BCUT2D eigenvalue weighted by molar-refractivity contribution is 5.88. The molecule has 1 unspecified atom stereocenters. The summed E-state index contributed by atoms with van der Waals surface area (Å²) in [6, 6.07) is 20.5. The average Bonchev–Trinajstić information content (AvgIpc) is 4.04. The monoisotopic (exact) mass is 746 g/mol. The molecule has 2 aromatic heterocycles. The van der Waals surface area contributed by atoms with Gasteiger partial charge in [-0.1, -0.05) is 30.3 Å². The van der Waals surface area contributed by atoms with Crippen molar-refractivity contribution in [2.45, 2.75) is 68.7 Å². The Balaban J connectivity index is 0.936. The highest BCUT2D eigenvalue weighted by Gasteiger charge is 2.45. The fraction of sp³-hybridized carbons (Fsp3) is 0.350. The maximum atomic E-state index is 13.9. The van der Waals surface area contributed by atoms with Crippen LogP contribution in [-0.4, -0.2) is 86.6 Å². The number of aromatic nitrogens is 4. The lowest BCUT2D eigenvalue weighted by Gasteiger charge is -2.37. The van der Waals surface area contributed by atoms with Gasteiger partial charge in [0.25, 0.3) is 5.91 Å². The second-order valence-corrected chi connectivity index (χ2v) is 14.0. The first-order chi connectivity index (χ1) is 26.8. The molecule has 0 saturated carbocycles. The molecule has 0 spiro atoms. The molecule has 3 aromatic carbocycles. The molecule has 3 aliphatic heterocycles. The van der Waals surface area contributed by atoms with Crippen molar-refractivity contribution in [1.82, 2.24) is 40.4 Å². The zero-order valence-electron chi connectivity index (χ0n) is 30.5. The van der Waals surface area contributed by atoms with E-state index < -0.39 is 24.3 Å². The maximum absolute atomic E-state index is 13.9. The molecule has 5 aromatic rings. The number of H-pyrrole nitrogens is 2.